The van der Waals surface area contributed by atoms with Gasteiger partial charge in [-0.2, -0.15) is 0 Å². The molecule has 1 unspecified atom stereocenters. The average molecular weight is 507 g/mol. The van der Waals surface area contributed by atoms with Crippen molar-refractivity contribution in [2.45, 2.75) is 33.1 Å². The molecular weight excluding hydrogens is 481 g/mol. The standard InChI is InChI=1S/C23H26INO4/c1-16(2)15-18-9-11-19(12-10-18)17(3)22(26)25(28-4)14-13-24-21-8-6-5-7-20(21)23(27)29-24/h5-14,16-17H,15H2,1-4H3/b14-13-. The first-order valence-corrected chi connectivity index (χ1v) is 12.8. The number of fused-ring (bicyclic) bond motifs is 1. The van der Waals surface area contributed by atoms with Crippen molar-refractivity contribution in [1.82, 2.24) is 5.06 Å². The van der Waals surface area contributed by atoms with E-state index in [0.29, 0.717) is 11.5 Å². The van der Waals surface area contributed by atoms with Crippen LogP contribution < -0.4 is 0 Å². The number of hydroxylamine groups is 2. The second-order valence-electron chi connectivity index (χ2n) is 7.30. The van der Waals surface area contributed by atoms with Gasteiger partial charge in [-0.3, -0.25) is 0 Å². The molecule has 2 aromatic rings. The van der Waals surface area contributed by atoms with Gasteiger partial charge in [0.15, 0.2) is 0 Å². The van der Waals surface area contributed by atoms with Crippen LogP contribution in [-0.4, -0.2) is 24.0 Å². The molecule has 0 aliphatic carbocycles. The van der Waals surface area contributed by atoms with Gasteiger partial charge in [-0.1, -0.05) is 0 Å². The van der Waals surface area contributed by atoms with Crippen molar-refractivity contribution in [2.24, 2.45) is 5.92 Å². The molecule has 0 N–H and O–H groups in total. The summed E-state index contributed by atoms with van der Waals surface area (Å²) in [7, 11) is 1.46. The van der Waals surface area contributed by atoms with Gasteiger partial charge in [0.05, 0.1) is 0 Å². The summed E-state index contributed by atoms with van der Waals surface area (Å²) in [4.78, 5) is 30.2. The number of hydrogen-bond acceptors (Lipinski definition) is 4. The fourth-order valence-electron chi connectivity index (χ4n) is 3.12. The number of amides is 1. The van der Waals surface area contributed by atoms with Crippen LogP contribution in [-0.2, 0) is 19.1 Å². The van der Waals surface area contributed by atoms with Crippen LogP contribution in [0.4, 0.5) is 0 Å². The van der Waals surface area contributed by atoms with E-state index in [2.05, 4.69) is 26.0 Å². The van der Waals surface area contributed by atoms with E-state index in [-0.39, 0.29) is 17.8 Å². The van der Waals surface area contributed by atoms with Gasteiger partial charge in [0, 0.05) is 0 Å². The summed E-state index contributed by atoms with van der Waals surface area (Å²) < 4.78 is 8.29. The number of benzene rings is 2. The van der Waals surface area contributed by atoms with Gasteiger partial charge in [0.2, 0.25) is 0 Å². The number of hydrogen-bond donors (Lipinski definition) is 0. The predicted octanol–water partition coefficient (Wildman–Crippen LogP) is 5.31. The average Bonchev–Trinajstić information content (AvgIpc) is 3.04. The first-order chi connectivity index (χ1) is 13.9. The van der Waals surface area contributed by atoms with Crippen molar-refractivity contribution >= 4 is 32.1 Å². The van der Waals surface area contributed by atoms with Crippen molar-refractivity contribution in [3.63, 3.8) is 0 Å². The molecule has 3 rings (SSSR count). The quantitative estimate of drug-likeness (QED) is 0.377. The van der Waals surface area contributed by atoms with E-state index in [0.717, 1.165) is 15.6 Å². The molecule has 0 fully saturated rings. The van der Waals surface area contributed by atoms with Crippen molar-refractivity contribution in [2.75, 3.05) is 7.11 Å². The van der Waals surface area contributed by atoms with E-state index in [4.69, 9.17) is 7.90 Å². The number of carbonyl (C=O) groups is 2. The Hall–Kier alpha value is -2.19. The zero-order valence-corrected chi connectivity index (χ0v) is 19.3. The zero-order chi connectivity index (χ0) is 21.0. The van der Waals surface area contributed by atoms with Crippen LogP contribution >= 0.6 is 20.2 Å². The molecule has 1 amide bonds. The predicted molar refractivity (Wildman–Crippen MR) is 121 cm³/mol. The maximum atomic E-state index is 12.9. The molecule has 2 aromatic carbocycles. The Morgan fingerprint density at radius 3 is 2.48 bits per heavy atom. The van der Waals surface area contributed by atoms with Gasteiger partial charge in [0.1, 0.15) is 0 Å². The molecule has 6 heteroatoms. The molecule has 1 aliphatic rings. The van der Waals surface area contributed by atoms with Gasteiger partial charge in [0.25, 0.3) is 0 Å². The van der Waals surface area contributed by atoms with E-state index in [1.165, 1.54) is 17.7 Å². The maximum absolute atomic E-state index is 12.9. The Morgan fingerprint density at radius 2 is 1.83 bits per heavy atom. The minimum absolute atomic E-state index is 0.171. The molecule has 0 bridgehead atoms. The third-order valence-corrected chi connectivity index (χ3v) is 8.60. The summed E-state index contributed by atoms with van der Waals surface area (Å²) in [6, 6.07) is 15.6. The molecular formula is C23H26INO4. The number of halogens is 1. The summed E-state index contributed by atoms with van der Waals surface area (Å²) in [6.07, 6.45) is 2.61. The van der Waals surface area contributed by atoms with E-state index in [1.54, 1.807) is 12.3 Å². The fourth-order valence-corrected chi connectivity index (χ4v) is 6.67. The number of carbonyl (C=O) groups excluding carboxylic acids is 2. The van der Waals surface area contributed by atoms with E-state index < -0.39 is 20.2 Å². The van der Waals surface area contributed by atoms with E-state index in [1.807, 2.05) is 41.3 Å². The van der Waals surface area contributed by atoms with Crippen LogP contribution in [0.2, 0.25) is 0 Å². The fraction of sp³-hybridized carbons (Fsp3) is 0.304. The van der Waals surface area contributed by atoms with Crippen LogP contribution in [0.3, 0.4) is 0 Å². The Labute approximate surface area is 179 Å². The van der Waals surface area contributed by atoms with Crippen LogP contribution in [0.5, 0.6) is 0 Å². The Kier molecular flexibility index (Phi) is 7.08. The van der Waals surface area contributed by atoms with Gasteiger partial charge in [-0.05, 0) is 0 Å². The van der Waals surface area contributed by atoms with Gasteiger partial charge in [-0.15, -0.1) is 0 Å². The van der Waals surface area contributed by atoms with Crippen LogP contribution in [0.25, 0.3) is 0 Å². The topological polar surface area (TPSA) is 55.8 Å². The molecule has 0 saturated carbocycles. The second kappa shape index (κ2) is 9.54. The molecule has 29 heavy (non-hydrogen) atoms. The van der Waals surface area contributed by atoms with E-state index in [9.17, 15) is 9.59 Å². The number of nitrogens with zero attached hydrogens (tertiary/aromatic N) is 1. The zero-order valence-electron chi connectivity index (χ0n) is 17.1. The molecule has 0 spiro atoms. The van der Waals surface area contributed by atoms with Crippen molar-refractivity contribution in [1.29, 1.82) is 0 Å². The van der Waals surface area contributed by atoms with E-state index >= 15 is 0 Å². The molecule has 0 aromatic heterocycles. The summed E-state index contributed by atoms with van der Waals surface area (Å²) in [6.45, 7) is 6.24. The van der Waals surface area contributed by atoms with Crippen molar-refractivity contribution in [3.8, 4) is 0 Å². The Balaban J connectivity index is 1.70. The SMILES string of the molecule is CON(/C=C\I1OC(=O)c2ccccc21)C(=O)C(C)c1ccc(CC(C)C)cc1. The first kappa shape index (κ1) is 21.5. The van der Waals surface area contributed by atoms with Crippen molar-refractivity contribution in [3.05, 3.63) is 79.1 Å². The molecule has 5 nitrogen and oxygen atoms in total. The molecule has 1 atom stereocenters. The van der Waals surface area contributed by atoms with Gasteiger partial charge >= 0.3 is 180 Å². The third-order valence-electron chi connectivity index (χ3n) is 4.66. The minimum atomic E-state index is -2.28. The van der Waals surface area contributed by atoms with Crippen molar-refractivity contribution < 1.29 is 17.5 Å². The summed E-state index contributed by atoms with van der Waals surface area (Å²) in [5, 5.41) is 1.22. The Morgan fingerprint density at radius 1 is 1.14 bits per heavy atom. The summed E-state index contributed by atoms with van der Waals surface area (Å²) >= 11 is -2.28. The molecule has 0 radical (unpaired) electrons. The summed E-state index contributed by atoms with van der Waals surface area (Å²) in [5.41, 5.74) is 2.82. The third kappa shape index (κ3) is 5.05. The molecule has 1 heterocycles. The second-order valence-corrected chi connectivity index (χ2v) is 11.2. The van der Waals surface area contributed by atoms with Crippen LogP contribution in [0, 0.1) is 9.49 Å². The molecule has 0 saturated heterocycles. The Bertz CT molecular complexity index is 907. The molecule has 1 aliphatic heterocycles. The molecule has 154 valence electrons. The normalized spacial score (nSPS) is 15.5. The number of rotatable bonds is 7. The van der Waals surface area contributed by atoms with Gasteiger partial charge < -0.3 is 0 Å². The van der Waals surface area contributed by atoms with Crippen LogP contribution in [0.1, 0.15) is 48.2 Å². The first-order valence-electron chi connectivity index (χ1n) is 9.55. The summed E-state index contributed by atoms with van der Waals surface area (Å²) in [5.74, 6) is -0.223. The van der Waals surface area contributed by atoms with Gasteiger partial charge in [-0.25, -0.2) is 0 Å². The monoisotopic (exact) mass is 507 g/mol. The van der Waals surface area contributed by atoms with Crippen LogP contribution in [0.15, 0.2) is 58.8 Å².